The van der Waals surface area contributed by atoms with Crippen LogP contribution in [0.2, 0.25) is 0 Å². The van der Waals surface area contributed by atoms with Crippen LogP contribution in [0.25, 0.3) is 5.69 Å². The number of carbonyl (C=O) groups is 2. The molecule has 0 aliphatic heterocycles. The van der Waals surface area contributed by atoms with Gasteiger partial charge in [-0.05, 0) is 51.7 Å². The Labute approximate surface area is 168 Å². The first-order chi connectivity index (χ1) is 13.9. The largest absolute Gasteiger partial charge is 0.315 e. The highest BCUT2D eigenvalue weighted by atomic mass is 16.2. The van der Waals surface area contributed by atoms with Gasteiger partial charge in [-0.1, -0.05) is 17.7 Å². The normalized spacial score (nSPS) is 14.4. The quantitative estimate of drug-likeness (QED) is 0.652. The number of aromatic nitrogens is 4. The Morgan fingerprint density at radius 3 is 2.48 bits per heavy atom. The van der Waals surface area contributed by atoms with Gasteiger partial charge in [-0.15, -0.1) is 5.10 Å². The van der Waals surface area contributed by atoms with Gasteiger partial charge in [0, 0.05) is 18.0 Å². The van der Waals surface area contributed by atoms with Crippen molar-refractivity contribution in [2.75, 3.05) is 10.6 Å². The lowest BCUT2D eigenvalue weighted by Gasteiger charge is -2.09. The van der Waals surface area contributed by atoms with Gasteiger partial charge in [-0.3, -0.25) is 14.3 Å². The number of benzene rings is 1. The zero-order valence-corrected chi connectivity index (χ0v) is 16.7. The molecule has 0 bridgehead atoms. The third-order valence-electron chi connectivity index (χ3n) is 5.19. The Morgan fingerprint density at radius 1 is 1.10 bits per heavy atom. The molecule has 1 saturated carbocycles. The minimum atomic E-state index is -0.776. The molecule has 2 N–H and O–H groups in total. The van der Waals surface area contributed by atoms with Gasteiger partial charge in [0.2, 0.25) is 0 Å². The van der Waals surface area contributed by atoms with E-state index in [4.69, 9.17) is 0 Å². The van der Waals surface area contributed by atoms with Crippen LogP contribution < -0.4 is 10.6 Å². The average Bonchev–Trinajstić information content (AvgIpc) is 3.34. The number of carbonyl (C=O) groups excluding carboxylic acids is 2. The van der Waals surface area contributed by atoms with Crippen LogP contribution in [0, 0.1) is 19.8 Å². The summed E-state index contributed by atoms with van der Waals surface area (Å²) in [5.41, 5.74) is 3.38. The van der Waals surface area contributed by atoms with Crippen molar-refractivity contribution in [2.45, 2.75) is 39.7 Å². The van der Waals surface area contributed by atoms with Gasteiger partial charge in [0.05, 0.1) is 23.6 Å². The summed E-state index contributed by atoms with van der Waals surface area (Å²) in [6, 6.07) is 9.91. The minimum absolute atomic E-state index is 0.295. The summed E-state index contributed by atoms with van der Waals surface area (Å²) in [6.07, 6.45) is 5.73. The van der Waals surface area contributed by atoms with Crippen molar-refractivity contribution in [3.8, 4) is 5.69 Å². The van der Waals surface area contributed by atoms with E-state index >= 15 is 0 Å². The first-order valence-corrected chi connectivity index (χ1v) is 9.71. The molecule has 1 unspecified atom stereocenters. The number of amides is 2. The van der Waals surface area contributed by atoms with Crippen LogP contribution >= 0.6 is 0 Å². The highest BCUT2D eigenvalue weighted by Crippen LogP contribution is 2.39. The number of hydrogen-bond acceptors (Lipinski definition) is 4. The Balaban J connectivity index is 1.39. The fraction of sp³-hybridized carbons (Fsp3) is 0.333. The molecule has 2 aromatic heterocycles. The van der Waals surface area contributed by atoms with Gasteiger partial charge in [0.25, 0.3) is 0 Å². The van der Waals surface area contributed by atoms with E-state index in [1.807, 2.05) is 42.8 Å². The topological polar surface area (TPSA) is 93.8 Å². The van der Waals surface area contributed by atoms with E-state index < -0.39 is 11.8 Å². The molecule has 3 aromatic rings. The van der Waals surface area contributed by atoms with Crippen LogP contribution in [0.3, 0.4) is 0 Å². The Hall–Kier alpha value is -3.42. The minimum Gasteiger partial charge on any atom is -0.315 e. The van der Waals surface area contributed by atoms with Gasteiger partial charge in [-0.2, -0.15) is 5.10 Å². The van der Waals surface area contributed by atoms with Crippen molar-refractivity contribution in [3.05, 3.63) is 54.0 Å². The molecule has 1 fully saturated rings. The molecule has 0 radical (unpaired) electrons. The van der Waals surface area contributed by atoms with Gasteiger partial charge >= 0.3 is 11.8 Å². The maximum absolute atomic E-state index is 12.3. The number of rotatable bonds is 5. The third kappa shape index (κ3) is 4.21. The molecule has 4 rings (SSSR count). The van der Waals surface area contributed by atoms with Crippen LogP contribution in [0.4, 0.5) is 11.5 Å². The van der Waals surface area contributed by atoms with Gasteiger partial charge in [-0.25, -0.2) is 4.68 Å². The smallest absolute Gasteiger partial charge is 0.315 e. The van der Waals surface area contributed by atoms with Gasteiger partial charge < -0.3 is 10.6 Å². The Bertz CT molecular complexity index is 1050. The van der Waals surface area contributed by atoms with Crippen molar-refractivity contribution in [1.82, 2.24) is 19.6 Å². The molecule has 1 aromatic carbocycles. The van der Waals surface area contributed by atoms with E-state index in [0.29, 0.717) is 23.5 Å². The van der Waals surface area contributed by atoms with Crippen molar-refractivity contribution in [3.63, 3.8) is 0 Å². The molecule has 8 heteroatoms. The van der Waals surface area contributed by atoms with E-state index in [0.717, 1.165) is 16.9 Å². The maximum Gasteiger partial charge on any atom is 0.315 e. The third-order valence-corrected chi connectivity index (χ3v) is 5.19. The molecule has 1 aliphatic carbocycles. The zero-order valence-electron chi connectivity index (χ0n) is 16.7. The average molecular weight is 392 g/mol. The molecule has 1 aliphatic rings. The van der Waals surface area contributed by atoms with Crippen LogP contribution in [0.15, 0.2) is 42.7 Å². The number of anilines is 2. The number of nitrogens with zero attached hydrogens (tertiary/aromatic N) is 4. The van der Waals surface area contributed by atoms with E-state index in [9.17, 15) is 9.59 Å². The van der Waals surface area contributed by atoms with Crippen molar-refractivity contribution < 1.29 is 9.59 Å². The second-order valence-corrected chi connectivity index (χ2v) is 7.61. The lowest BCUT2D eigenvalue weighted by Crippen LogP contribution is -2.29. The monoisotopic (exact) mass is 392 g/mol. The molecular weight excluding hydrogens is 368 g/mol. The van der Waals surface area contributed by atoms with Crippen LogP contribution in [-0.2, 0) is 9.59 Å². The predicted molar refractivity (Wildman–Crippen MR) is 110 cm³/mol. The lowest BCUT2D eigenvalue weighted by atomic mass is 10.2. The van der Waals surface area contributed by atoms with Gasteiger partial charge in [0.15, 0.2) is 5.82 Å². The summed E-state index contributed by atoms with van der Waals surface area (Å²) in [6.45, 7) is 6.01. The Morgan fingerprint density at radius 2 is 1.79 bits per heavy atom. The number of nitrogens with one attached hydrogen (secondary N) is 2. The molecule has 150 valence electrons. The van der Waals surface area contributed by atoms with Crippen LogP contribution in [0.1, 0.15) is 37.1 Å². The van der Waals surface area contributed by atoms with Gasteiger partial charge in [0.1, 0.15) is 0 Å². The highest BCUT2D eigenvalue weighted by molar-refractivity contribution is 6.43. The summed E-state index contributed by atoms with van der Waals surface area (Å²) < 4.78 is 3.55. The predicted octanol–water partition coefficient (Wildman–Crippen LogP) is 3.23. The summed E-state index contributed by atoms with van der Waals surface area (Å²) in [5, 5.41) is 13.8. The molecule has 29 heavy (non-hydrogen) atoms. The van der Waals surface area contributed by atoms with E-state index in [-0.39, 0.29) is 0 Å². The van der Waals surface area contributed by atoms with Crippen molar-refractivity contribution >= 4 is 23.3 Å². The Kier molecular flexibility index (Phi) is 4.92. The first kappa shape index (κ1) is 18.9. The van der Waals surface area contributed by atoms with E-state index in [2.05, 4.69) is 27.8 Å². The number of aryl methyl sites for hydroxylation is 2. The molecular formula is C21H24N6O2. The van der Waals surface area contributed by atoms with E-state index in [1.165, 1.54) is 12.8 Å². The summed E-state index contributed by atoms with van der Waals surface area (Å²) >= 11 is 0. The standard InChI is InChI=1S/C21H24N6O2/c1-13-4-8-18(9-5-13)27-14(2)10-19(25-27)24-21(29)20(28)23-17-11-22-26(12-17)15(3)16-6-7-16/h4-5,8-12,15-16H,6-7H2,1-3H3,(H,23,28)(H,24,25,29). The summed E-state index contributed by atoms with van der Waals surface area (Å²) in [5.74, 6) is -0.567. The zero-order chi connectivity index (χ0) is 20.5. The van der Waals surface area contributed by atoms with E-state index in [1.54, 1.807) is 23.1 Å². The fourth-order valence-corrected chi connectivity index (χ4v) is 3.26. The molecule has 2 amide bonds. The summed E-state index contributed by atoms with van der Waals surface area (Å²) in [7, 11) is 0. The molecule has 1 atom stereocenters. The second-order valence-electron chi connectivity index (χ2n) is 7.61. The lowest BCUT2D eigenvalue weighted by molar-refractivity contribution is -0.133. The molecule has 0 saturated heterocycles. The SMILES string of the molecule is Cc1ccc(-n2nc(NC(=O)C(=O)Nc3cnn(C(C)C4CC4)c3)cc2C)cc1. The van der Waals surface area contributed by atoms with Crippen molar-refractivity contribution in [2.24, 2.45) is 5.92 Å². The molecule has 0 spiro atoms. The maximum atomic E-state index is 12.3. The summed E-state index contributed by atoms with van der Waals surface area (Å²) in [4.78, 5) is 24.5. The molecule has 8 nitrogen and oxygen atoms in total. The van der Waals surface area contributed by atoms with Crippen LogP contribution in [0.5, 0.6) is 0 Å². The van der Waals surface area contributed by atoms with Crippen molar-refractivity contribution in [1.29, 1.82) is 0 Å². The second kappa shape index (κ2) is 7.54. The van der Waals surface area contributed by atoms with Crippen LogP contribution in [-0.4, -0.2) is 31.4 Å². The fourth-order valence-electron chi connectivity index (χ4n) is 3.26. The first-order valence-electron chi connectivity index (χ1n) is 9.71. The molecule has 2 heterocycles. The number of hydrogen-bond donors (Lipinski definition) is 2. The highest BCUT2D eigenvalue weighted by Gasteiger charge is 2.29.